The van der Waals surface area contributed by atoms with Crippen molar-refractivity contribution in [2.24, 2.45) is 5.92 Å². The summed E-state index contributed by atoms with van der Waals surface area (Å²) in [4.78, 5) is 22.1. The zero-order valence-corrected chi connectivity index (χ0v) is 9.77. The Morgan fingerprint density at radius 1 is 1.38 bits per heavy atom. The Hall–Kier alpha value is -1.36. The van der Waals surface area contributed by atoms with Gasteiger partial charge in [0.1, 0.15) is 5.41 Å². The number of benzene rings is 1. The molecule has 1 fully saturated rings. The van der Waals surface area contributed by atoms with E-state index in [1.807, 2.05) is 0 Å². The van der Waals surface area contributed by atoms with Crippen molar-refractivity contribution in [3.05, 3.63) is 34.3 Å². The molecule has 0 heterocycles. The molecule has 1 aliphatic rings. The van der Waals surface area contributed by atoms with E-state index < -0.39 is 23.3 Å². The number of hydrogen-bond acceptors (Lipinski definition) is 2. The summed E-state index contributed by atoms with van der Waals surface area (Å²) in [6, 6.07) is 6.80. The minimum Gasteiger partial charge on any atom is -0.481 e. The molecule has 2 atom stereocenters. The molecule has 2 unspecified atom stereocenters. The van der Waals surface area contributed by atoms with Gasteiger partial charge in [0.2, 0.25) is 0 Å². The lowest BCUT2D eigenvalue weighted by molar-refractivity contribution is -0.145. The van der Waals surface area contributed by atoms with Crippen LogP contribution in [0.3, 0.4) is 0 Å². The molecule has 2 rings (SSSR count). The summed E-state index contributed by atoms with van der Waals surface area (Å²) in [6.45, 7) is 0. The van der Waals surface area contributed by atoms with E-state index in [2.05, 4.69) is 15.9 Å². The molecular formula is C11H9BrO4. The van der Waals surface area contributed by atoms with Crippen molar-refractivity contribution >= 4 is 27.9 Å². The number of halogens is 1. The fourth-order valence-corrected chi connectivity index (χ4v) is 2.41. The topological polar surface area (TPSA) is 74.6 Å². The molecule has 4 nitrogen and oxygen atoms in total. The Kier molecular flexibility index (Phi) is 2.50. The molecule has 1 aromatic carbocycles. The van der Waals surface area contributed by atoms with Gasteiger partial charge in [0.15, 0.2) is 0 Å². The third-order valence-electron chi connectivity index (χ3n) is 2.98. The lowest BCUT2D eigenvalue weighted by atomic mass is 9.93. The second kappa shape index (κ2) is 3.59. The summed E-state index contributed by atoms with van der Waals surface area (Å²) < 4.78 is 0.752. The zero-order valence-electron chi connectivity index (χ0n) is 8.18. The van der Waals surface area contributed by atoms with E-state index in [-0.39, 0.29) is 6.42 Å². The molecule has 0 aliphatic heterocycles. The molecule has 0 saturated heterocycles. The van der Waals surface area contributed by atoms with Crippen molar-refractivity contribution in [1.29, 1.82) is 0 Å². The maximum Gasteiger partial charge on any atom is 0.315 e. The summed E-state index contributed by atoms with van der Waals surface area (Å²) in [5.74, 6) is -2.94. The van der Waals surface area contributed by atoms with E-state index >= 15 is 0 Å². The quantitative estimate of drug-likeness (QED) is 0.889. The lowest BCUT2D eigenvalue weighted by Crippen LogP contribution is -2.25. The molecule has 16 heavy (non-hydrogen) atoms. The highest BCUT2D eigenvalue weighted by Gasteiger charge is 2.65. The fraction of sp³-hybridized carbons (Fsp3) is 0.273. The zero-order chi connectivity index (χ0) is 11.9. The standard InChI is InChI=1S/C11H9BrO4/c12-7-3-1-2-6(4-7)11(10(15)16)5-8(11)9(13)14/h1-4,8H,5H2,(H,13,14)(H,15,16). The minimum absolute atomic E-state index is 0.161. The fourth-order valence-electron chi connectivity index (χ4n) is 2.01. The van der Waals surface area contributed by atoms with Crippen LogP contribution in [-0.4, -0.2) is 22.2 Å². The first kappa shape index (κ1) is 11.1. The summed E-state index contributed by atoms with van der Waals surface area (Å²) in [5, 5.41) is 18.1. The van der Waals surface area contributed by atoms with E-state index in [1.165, 1.54) is 0 Å². The van der Waals surface area contributed by atoms with E-state index in [9.17, 15) is 14.7 Å². The summed E-state index contributed by atoms with van der Waals surface area (Å²) in [7, 11) is 0. The van der Waals surface area contributed by atoms with Gasteiger partial charge in [0.05, 0.1) is 5.92 Å². The van der Waals surface area contributed by atoms with Crippen molar-refractivity contribution in [2.45, 2.75) is 11.8 Å². The van der Waals surface area contributed by atoms with Crippen LogP contribution in [0, 0.1) is 5.92 Å². The van der Waals surface area contributed by atoms with Crippen molar-refractivity contribution in [2.75, 3.05) is 0 Å². The predicted octanol–water partition coefficient (Wildman–Crippen LogP) is 1.88. The Morgan fingerprint density at radius 3 is 2.50 bits per heavy atom. The largest absolute Gasteiger partial charge is 0.481 e. The highest BCUT2D eigenvalue weighted by Crippen LogP contribution is 2.54. The van der Waals surface area contributed by atoms with Crippen molar-refractivity contribution in [3.8, 4) is 0 Å². The number of aliphatic carboxylic acids is 2. The van der Waals surface area contributed by atoms with Gasteiger partial charge in [-0.15, -0.1) is 0 Å². The molecule has 1 aliphatic carbocycles. The average molecular weight is 285 g/mol. The first-order valence-corrected chi connectivity index (χ1v) is 5.50. The minimum atomic E-state index is -1.24. The third-order valence-corrected chi connectivity index (χ3v) is 3.47. The monoisotopic (exact) mass is 284 g/mol. The normalized spacial score (nSPS) is 27.4. The summed E-state index contributed by atoms with van der Waals surface area (Å²) in [5.41, 5.74) is -0.697. The highest BCUT2D eigenvalue weighted by atomic mass is 79.9. The van der Waals surface area contributed by atoms with E-state index in [0.29, 0.717) is 5.56 Å². The van der Waals surface area contributed by atoms with Crippen LogP contribution in [0.1, 0.15) is 12.0 Å². The van der Waals surface area contributed by atoms with Gasteiger partial charge < -0.3 is 10.2 Å². The van der Waals surface area contributed by atoms with Gasteiger partial charge in [-0.3, -0.25) is 9.59 Å². The van der Waals surface area contributed by atoms with Gasteiger partial charge in [0.25, 0.3) is 0 Å². The van der Waals surface area contributed by atoms with E-state index in [1.54, 1.807) is 24.3 Å². The number of carbonyl (C=O) groups is 2. The highest BCUT2D eigenvalue weighted by molar-refractivity contribution is 9.10. The van der Waals surface area contributed by atoms with Crippen LogP contribution in [0.2, 0.25) is 0 Å². The van der Waals surface area contributed by atoms with Crippen LogP contribution in [0.4, 0.5) is 0 Å². The smallest absolute Gasteiger partial charge is 0.315 e. The van der Waals surface area contributed by atoms with Crippen molar-refractivity contribution in [3.63, 3.8) is 0 Å². The van der Waals surface area contributed by atoms with Crippen LogP contribution in [-0.2, 0) is 15.0 Å². The molecule has 1 saturated carbocycles. The van der Waals surface area contributed by atoms with Crippen LogP contribution < -0.4 is 0 Å². The molecule has 1 aromatic rings. The Labute approximate surface area is 100 Å². The summed E-state index contributed by atoms with van der Waals surface area (Å²) >= 11 is 3.25. The molecule has 2 N–H and O–H groups in total. The van der Waals surface area contributed by atoms with E-state index in [0.717, 1.165) is 4.47 Å². The third kappa shape index (κ3) is 1.51. The molecular weight excluding hydrogens is 276 g/mol. The van der Waals surface area contributed by atoms with Gasteiger partial charge in [0, 0.05) is 4.47 Å². The maximum atomic E-state index is 11.2. The SMILES string of the molecule is O=C(O)C1CC1(C(=O)O)c1cccc(Br)c1. The Bertz CT molecular complexity index is 471. The van der Waals surface area contributed by atoms with Gasteiger partial charge in [-0.1, -0.05) is 28.1 Å². The van der Waals surface area contributed by atoms with Gasteiger partial charge >= 0.3 is 11.9 Å². The lowest BCUT2D eigenvalue weighted by Gasteiger charge is -2.11. The van der Waals surface area contributed by atoms with Gasteiger partial charge in [-0.05, 0) is 24.1 Å². The second-order valence-corrected chi connectivity index (χ2v) is 4.80. The van der Waals surface area contributed by atoms with Gasteiger partial charge in [-0.25, -0.2) is 0 Å². The van der Waals surface area contributed by atoms with Crippen LogP contribution in [0.25, 0.3) is 0 Å². The number of rotatable bonds is 3. The average Bonchev–Trinajstić information content (AvgIpc) is 2.93. The Morgan fingerprint density at radius 2 is 2.06 bits per heavy atom. The second-order valence-electron chi connectivity index (χ2n) is 3.88. The summed E-state index contributed by atoms with van der Waals surface area (Å²) in [6.07, 6.45) is 0.161. The first-order chi connectivity index (χ1) is 7.48. The number of carboxylic acids is 2. The molecule has 0 radical (unpaired) electrons. The Balaban J connectivity index is 2.44. The molecule has 0 spiro atoms. The van der Waals surface area contributed by atoms with Crippen LogP contribution >= 0.6 is 15.9 Å². The molecule has 0 aromatic heterocycles. The first-order valence-electron chi connectivity index (χ1n) is 4.70. The van der Waals surface area contributed by atoms with Crippen molar-refractivity contribution < 1.29 is 19.8 Å². The molecule has 0 bridgehead atoms. The van der Waals surface area contributed by atoms with Crippen LogP contribution in [0.5, 0.6) is 0 Å². The number of hydrogen-bond donors (Lipinski definition) is 2. The van der Waals surface area contributed by atoms with E-state index in [4.69, 9.17) is 5.11 Å². The molecule has 0 amide bonds. The van der Waals surface area contributed by atoms with Crippen molar-refractivity contribution in [1.82, 2.24) is 0 Å². The number of carboxylic acid groups (broad SMARTS) is 2. The molecule has 5 heteroatoms. The van der Waals surface area contributed by atoms with Crippen LogP contribution in [0.15, 0.2) is 28.7 Å². The predicted molar refractivity (Wildman–Crippen MR) is 59.2 cm³/mol. The van der Waals surface area contributed by atoms with Gasteiger partial charge in [-0.2, -0.15) is 0 Å². The maximum absolute atomic E-state index is 11.2. The molecule has 84 valence electrons.